The maximum Gasteiger partial charge on any atom is 0.255 e. The average Bonchev–Trinajstić information content (AvgIpc) is 2.77. The van der Waals surface area contributed by atoms with E-state index >= 15 is 0 Å². The first kappa shape index (κ1) is 13.5. The van der Waals surface area contributed by atoms with Crippen molar-refractivity contribution in [3.63, 3.8) is 0 Å². The molecule has 0 bridgehead atoms. The number of nitrogens with zero attached hydrogens (tertiary/aromatic N) is 2. The van der Waals surface area contributed by atoms with Crippen LogP contribution < -0.4 is 15.8 Å². The van der Waals surface area contributed by atoms with Gasteiger partial charge in [0.1, 0.15) is 5.75 Å². The molecule has 0 aromatic heterocycles. The number of hydrogen-bond donors (Lipinski definition) is 2. The van der Waals surface area contributed by atoms with Crippen LogP contribution in [0.2, 0.25) is 5.02 Å². The number of benzene rings is 1. The summed E-state index contributed by atoms with van der Waals surface area (Å²) in [6.45, 7) is 0.636. The van der Waals surface area contributed by atoms with Gasteiger partial charge in [-0.15, -0.1) is 0 Å². The van der Waals surface area contributed by atoms with Gasteiger partial charge in [-0.1, -0.05) is 11.6 Å². The number of nitrogens with one attached hydrogen (secondary N) is 1. The fraction of sp³-hybridized carbons (Fsp3) is 0.333. The maximum atomic E-state index is 12.2. The summed E-state index contributed by atoms with van der Waals surface area (Å²) in [5.41, 5.74) is 6.40. The summed E-state index contributed by atoms with van der Waals surface area (Å²) < 4.78 is 5.14. The molecular weight excluding hydrogens is 268 g/mol. The largest absolute Gasteiger partial charge is 0.496 e. The minimum atomic E-state index is -0.273. The number of nitrogens with two attached hydrogens (primary N) is 1. The molecule has 1 amide bonds. The molecule has 0 fully saturated rings. The van der Waals surface area contributed by atoms with Crippen LogP contribution in [-0.4, -0.2) is 43.9 Å². The number of amides is 1. The lowest BCUT2D eigenvalue weighted by Crippen LogP contribution is -2.38. The van der Waals surface area contributed by atoms with Gasteiger partial charge in [0.25, 0.3) is 5.91 Å². The number of methoxy groups -OCH3 is 1. The number of hydrogen-bond acceptors (Lipinski definition) is 5. The summed E-state index contributed by atoms with van der Waals surface area (Å²) in [4.78, 5) is 12.2. The molecule has 1 aromatic rings. The van der Waals surface area contributed by atoms with Crippen molar-refractivity contribution < 1.29 is 9.53 Å². The number of rotatable bonds is 3. The van der Waals surface area contributed by atoms with Crippen molar-refractivity contribution in [1.82, 2.24) is 10.3 Å². The summed E-state index contributed by atoms with van der Waals surface area (Å²) in [5, 5.41) is 8.96. The molecule has 2 rings (SSSR count). The monoisotopic (exact) mass is 282 g/mol. The Balaban J connectivity index is 2.19. The van der Waals surface area contributed by atoms with Gasteiger partial charge in [0.05, 0.1) is 36.0 Å². The fourth-order valence-electron chi connectivity index (χ4n) is 1.82. The molecule has 1 aliphatic rings. The number of ether oxygens (including phenoxy) is 1. The van der Waals surface area contributed by atoms with Gasteiger partial charge in [0, 0.05) is 19.3 Å². The highest BCUT2D eigenvalue weighted by atomic mass is 35.5. The Bertz CT molecular complexity index is 533. The lowest BCUT2D eigenvalue weighted by atomic mass is 10.1. The average molecular weight is 283 g/mol. The van der Waals surface area contributed by atoms with Gasteiger partial charge in [-0.3, -0.25) is 9.80 Å². The molecule has 1 unspecified atom stereocenters. The van der Waals surface area contributed by atoms with Crippen molar-refractivity contribution in [2.24, 2.45) is 5.10 Å². The summed E-state index contributed by atoms with van der Waals surface area (Å²) in [7, 11) is 3.31. The molecule has 0 radical (unpaired) electrons. The second-order valence-electron chi connectivity index (χ2n) is 4.26. The molecule has 3 N–H and O–H groups in total. The molecule has 1 aromatic carbocycles. The van der Waals surface area contributed by atoms with Crippen LogP contribution in [0.3, 0.4) is 0 Å². The Morgan fingerprint density at radius 3 is 2.95 bits per heavy atom. The van der Waals surface area contributed by atoms with Crippen LogP contribution in [0.5, 0.6) is 5.75 Å². The van der Waals surface area contributed by atoms with Gasteiger partial charge in [-0.05, 0) is 6.07 Å². The zero-order valence-corrected chi connectivity index (χ0v) is 11.4. The van der Waals surface area contributed by atoms with E-state index in [4.69, 9.17) is 22.1 Å². The maximum absolute atomic E-state index is 12.2. The predicted molar refractivity (Wildman–Crippen MR) is 74.8 cm³/mol. The Hall–Kier alpha value is -1.95. The SMILES string of the molecule is COc1cc(N)c(Cl)cc1C(=O)NC1C=NN(C)C1. The lowest BCUT2D eigenvalue weighted by Gasteiger charge is -2.14. The molecule has 0 aliphatic carbocycles. The van der Waals surface area contributed by atoms with Gasteiger partial charge in [0.2, 0.25) is 0 Å². The molecule has 1 atom stereocenters. The summed E-state index contributed by atoms with van der Waals surface area (Å²) in [6.07, 6.45) is 1.68. The molecule has 0 spiro atoms. The van der Waals surface area contributed by atoms with E-state index in [1.807, 2.05) is 7.05 Å². The van der Waals surface area contributed by atoms with E-state index < -0.39 is 0 Å². The summed E-state index contributed by atoms with van der Waals surface area (Å²) in [5.74, 6) is 0.119. The Labute approximate surface area is 116 Å². The molecular formula is C12H15ClN4O2. The van der Waals surface area contributed by atoms with E-state index in [9.17, 15) is 4.79 Å². The zero-order chi connectivity index (χ0) is 14.0. The van der Waals surface area contributed by atoms with Crippen molar-refractivity contribution in [1.29, 1.82) is 0 Å². The highest BCUT2D eigenvalue weighted by Crippen LogP contribution is 2.28. The topological polar surface area (TPSA) is 79.9 Å². The van der Waals surface area contributed by atoms with Gasteiger partial charge >= 0.3 is 0 Å². The zero-order valence-electron chi connectivity index (χ0n) is 10.7. The summed E-state index contributed by atoms with van der Waals surface area (Å²) >= 11 is 5.93. The third-order valence-electron chi connectivity index (χ3n) is 2.78. The Morgan fingerprint density at radius 2 is 2.37 bits per heavy atom. The van der Waals surface area contributed by atoms with Crippen LogP contribution in [0, 0.1) is 0 Å². The number of halogens is 1. The van der Waals surface area contributed by atoms with Gasteiger partial charge in [-0.2, -0.15) is 5.10 Å². The van der Waals surface area contributed by atoms with E-state index in [-0.39, 0.29) is 11.9 Å². The molecule has 0 saturated heterocycles. The molecule has 1 heterocycles. The molecule has 7 heteroatoms. The first-order valence-corrected chi connectivity index (χ1v) is 6.08. The lowest BCUT2D eigenvalue weighted by molar-refractivity contribution is 0.0942. The minimum absolute atomic E-state index is 0.126. The number of likely N-dealkylation sites (N-methyl/N-ethyl adjacent to an activating group) is 1. The van der Waals surface area contributed by atoms with E-state index in [0.717, 1.165) is 0 Å². The first-order valence-electron chi connectivity index (χ1n) is 5.70. The number of carbonyl (C=O) groups is 1. The van der Waals surface area contributed by atoms with Crippen LogP contribution in [-0.2, 0) is 0 Å². The molecule has 102 valence electrons. The third kappa shape index (κ3) is 2.90. The molecule has 6 nitrogen and oxygen atoms in total. The number of anilines is 1. The van der Waals surface area contributed by atoms with Crippen LogP contribution in [0.4, 0.5) is 5.69 Å². The standard InChI is InChI=1S/C12H15ClN4O2/c1-17-6-7(5-15-17)16-12(18)8-3-9(13)10(14)4-11(8)19-2/h3-5,7H,6,14H2,1-2H3,(H,16,18). The van der Waals surface area contributed by atoms with Crippen molar-refractivity contribution >= 4 is 29.4 Å². The normalized spacial score (nSPS) is 17.6. The van der Waals surface area contributed by atoms with E-state index in [2.05, 4.69) is 10.4 Å². The molecule has 19 heavy (non-hydrogen) atoms. The summed E-state index contributed by atoms with van der Waals surface area (Å²) in [6, 6.07) is 2.91. The smallest absolute Gasteiger partial charge is 0.255 e. The van der Waals surface area contributed by atoms with E-state index in [0.29, 0.717) is 28.6 Å². The van der Waals surface area contributed by atoms with Crippen molar-refractivity contribution in [3.05, 3.63) is 22.7 Å². The van der Waals surface area contributed by atoms with Crippen molar-refractivity contribution in [3.8, 4) is 5.75 Å². The second-order valence-corrected chi connectivity index (χ2v) is 4.67. The number of carbonyl (C=O) groups excluding carboxylic acids is 1. The van der Waals surface area contributed by atoms with Crippen molar-refractivity contribution in [2.75, 3.05) is 26.4 Å². The van der Waals surface area contributed by atoms with Crippen LogP contribution in [0.25, 0.3) is 0 Å². The van der Waals surface area contributed by atoms with Crippen LogP contribution in [0.15, 0.2) is 17.2 Å². The van der Waals surface area contributed by atoms with Crippen LogP contribution in [0.1, 0.15) is 10.4 Å². The van der Waals surface area contributed by atoms with Crippen molar-refractivity contribution in [2.45, 2.75) is 6.04 Å². The number of nitrogen functional groups attached to an aromatic ring is 1. The van der Waals surface area contributed by atoms with Crippen LogP contribution >= 0.6 is 11.6 Å². The fourth-order valence-corrected chi connectivity index (χ4v) is 1.98. The van der Waals surface area contributed by atoms with E-state index in [1.54, 1.807) is 11.2 Å². The quantitative estimate of drug-likeness (QED) is 0.809. The second kappa shape index (κ2) is 5.36. The first-order chi connectivity index (χ1) is 9.01. The Kier molecular flexibility index (Phi) is 3.80. The minimum Gasteiger partial charge on any atom is -0.496 e. The number of hydrazone groups is 1. The van der Waals surface area contributed by atoms with E-state index in [1.165, 1.54) is 19.2 Å². The Morgan fingerprint density at radius 1 is 1.63 bits per heavy atom. The van der Waals surface area contributed by atoms with Gasteiger partial charge < -0.3 is 15.8 Å². The van der Waals surface area contributed by atoms with Gasteiger partial charge in [-0.25, -0.2) is 0 Å². The molecule has 0 saturated carbocycles. The third-order valence-corrected chi connectivity index (χ3v) is 3.11. The molecule has 1 aliphatic heterocycles. The highest BCUT2D eigenvalue weighted by molar-refractivity contribution is 6.33. The highest BCUT2D eigenvalue weighted by Gasteiger charge is 2.20. The predicted octanol–water partition coefficient (Wildman–Crippen LogP) is 0.960. The van der Waals surface area contributed by atoms with Gasteiger partial charge in [0.15, 0.2) is 0 Å².